The zero-order valence-corrected chi connectivity index (χ0v) is 21.6. The minimum atomic E-state index is -1.11. The molecule has 0 saturated heterocycles. The van der Waals surface area contributed by atoms with Gasteiger partial charge < -0.3 is 4.81 Å². The third-order valence-corrected chi connectivity index (χ3v) is 8.99. The first-order valence-corrected chi connectivity index (χ1v) is 12.7. The van der Waals surface area contributed by atoms with Crippen LogP contribution in [0.4, 0.5) is 0 Å². The number of hydrogen-bond acceptors (Lipinski definition) is 1. The van der Waals surface area contributed by atoms with Crippen molar-refractivity contribution in [1.29, 1.82) is 0 Å². The molecule has 0 spiro atoms. The molecule has 0 aliphatic heterocycles. The molecule has 0 aliphatic carbocycles. The van der Waals surface area contributed by atoms with Crippen molar-refractivity contribution in [2.75, 3.05) is 0 Å². The zero-order valence-electron chi connectivity index (χ0n) is 20.6. The molecule has 0 bridgehead atoms. The molecule has 0 atom stereocenters. The Kier molecular flexibility index (Phi) is 9.46. The maximum atomic E-state index is 2.75. The van der Waals surface area contributed by atoms with Crippen LogP contribution in [-0.4, -0.2) is 32.0 Å². The molecule has 3 rings (SSSR count). The summed E-state index contributed by atoms with van der Waals surface area (Å²) in [6, 6.07) is 28.1. The quantitative estimate of drug-likeness (QED) is 0.523. The predicted molar refractivity (Wildman–Crippen MR) is 136 cm³/mol. The van der Waals surface area contributed by atoms with E-state index in [0.717, 1.165) is 0 Å². The van der Waals surface area contributed by atoms with E-state index in [4.69, 9.17) is 0 Å². The molecule has 4 heteroatoms. The van der Waals surface area contributed by atoms with Crippen molar-refractivity contribution in [3.63, 3.8) is 0 Å². The van der Waals surface area contributed by atoms with Crippen LogP contribution in [0, 0.1) is 20.8 Å². The van der Waals surface area contributed by atoms with Crippen LogP contribution >= 0.6 is 0 Å². The Bertz CT molecular complexity index is 889. The van der Waals surface area contributed by atoms with E-state index in [1.807, 2.05) is 0 Å². The molecular formula is C27H35BLiNSi. The average molecular weight is 419 g/mol. The van der Waals surface area contributed by atoms with E-state index < -0.39 is 8.67 Å². The Morgan fingerprint density at radius 2 is 1.06 bits per heavy atom. The van der Waals surface area contributed by atoms with Crippen LogP contribution in [0.3, 0.4) is 0 Å². The van der Waals surface area contributed by atoms with Gasteiger partial charge >= 0.3 is 18.9 Å². The van der Waals surface area contributed by atoms with Gasteiger partial charge in [-0.1, -0.05) is 123 Å². The van der Waals surface area contributed by atoms with E-state index in [9.17, 15) is 0 Å². The summed E-state index contributed by atoms with van der Waals surface area (Å²) < 4.78 is 0. The first-order chi connectivity index (χ1) is 14.3. The molecule has 156 valence electrons. The van der Waals surface area contributed by atoms with Crippen LogP contribution in [0.5, 0.6) is 0 Å². The number of benzene rings is 3. The molecule has 0 saturated carbocycles. The Balaban J connectivity index is 0.00000341. The van der Waals surface area contributed by atoms with Crippen LogP contribution in [0.2, 0.25) is 0 Å². The van der Waals surface area contributed by atoms with Crippen molar-refractivity contribution >= 4 is 30.9 Å². The second-order valence-corrected chi connectivity index (χ2v) is 11.5. The van der Waals surface area contributed by atoms with E-state index in [2.05, 4.69) is 126 Å². The molecule has 3 aromatic carbocycles. The van der Waals surface area contributed by atoms with Crippen LogP contribution < -0.4 is 34.7 Å². The Labute approximate surface area is 204 Å². The van der Waals surface area contributed by atoms with Gasteiger partial charge in [-0.2, -0.15) is 10.4 Å². The molecule has 0 radical (unpaired) electrons. The summed E-state index contributed by atoms with van der Waals surface area (Å²) in [4.78, 5) is 2.75. The summed E-state index contributed by atoms with van der Waals surface area (Å²) in [6.07, 6.45) is 0.361. The smallest absolute Gasteiger partial charge is 0.364 e. The van der Waals surface area contributed by atoms with E-state index >= 15 is 0 Å². The van der Waals surface area contributed by atoms with Crippen molar-refractivity contribution in [3.8, 4) is 0 Å². The van der Waals surface area contributed by atoms with Crippen molar-refractivity contribution in [2.45, 2.75) is 60.5 Å². The Morgan fingerprint density at radius 3 is 1.42 bits per heavy atom. The van der Waals surface area contributed by atoms with Gasteiger partial charge in [0.25, 0.3) is 0 Å². The maximum absolute atomic E-state index is 2.75. The predicted octanol–water partition coefficient (Wildman–Crippen LogP) is 1.32. The minimum Gasteiger partial charge on any atom is -0.364 e. The van der Waals surface area contributed by atoms with Gasteiger partial charge in [0.05, 0.1) is 0 Å². The summed E-state index contributed by atoms with van der Waals surface area (Å²) in [7, 11) is -1.11. The van der Waals surface area contributed by atoms with Crippen LogP contribution in [0.25, 0.3) is 0 Å². The normalized spacial score (nSPS) is 11.0. The molecule has 0 fully saturated rings. The third-order valence-electron chi connectivity index (χ3n) is 5.95. The van der Waals surface area contributed by atoms with E-state index in [1.165, 1.54) is 32.5 Å². The van der Waals surface area contributed by atoms with Gasteiger partial charge in [-0.15, -0.1) is 0 Å². The van der Waals surface area contributed by atoms with Gasteiger partial charge in [-0.3, -0.25) is 8.67 Å². The largest absolute Gasteiger partial charge is 1.00 e. The SMILES string of the molecule is Cc1cc(C)c(B(N(C(C)C)C(C)C)[Si-](c2ccccc2)c2ccccc2)c(C)c1.[Li+]. The molecule has 3 aromatic rings. The van der Waals surface area contributed by atoms with E-state index in [0.29, 0.717) is 18.5 Å². The molecule has 0 aromatic heterocycles. The molecular weight excluding hydrogens is 384 g/mol. The molecule has 31 heavy (non-hydrogen) atoms. The van der Waals surface area contributed by atoms with Crippen LogP contribution in [0.1, 0.15) is 44.4 Å². The number of aryl methyl sites for hydroxylation is 3. The molecule has 0 amide bonds. The second-order valence-electron chi connectivity index (χ2n) is 9.00. The Morgan fingerprint density at radius 1 is 0.677 bits per heavy atom. The van der Waals surface area contributed by atoms with Crippen LogP contribution in [0.15, 0.2) is 72.8 Å². The number of nitrogens with zero attached hydrogens (tertiary/aromatic N) is 1. The first kappa shape index (κ1) is 25.8. The van der Waals surface area contributed by atoms with Crippen molar-refractivity contribution in [1.82, 2.24) is 4.81 Å². The zero-order chi connectivity index (χ0) is 21.8. The van der Waals surface area contributed by atoms with Crippen molar-refractivity contribution in [2.24, 2.45) is 0 Å². The maximum Gasteiger partial charge on any atom is 1.00 e. The van der Waals surface area contributed by atoms with Gasteiger partial charge in [-0.25, -0.2) is 0 Å². The molecule has 0 heterocycles. The summed E-state index contributed by atoms with van der Waals surface area (Å²) in [5.41, 5.74) is 5.70. The second kappa shape index (κ2) is 11.4. The molecule has 1 nitrogen and oxygen atoms in total. The topological polar surface area (TPSA) is 3.24 Å². The fourth-order valence-electron chi connectivity index (χ4n) is 4.98. The summed E-state index contributed by atoms with van der Waals surface area (Å²) in [5, 5.41) is 2.95. The van der Waals surface area contributed by atoms with E-state index in [-0.39, 0.29) is 18.9 Å². The Hall–Kier alpha value is -1.50. The van der Waals surface area contributed by atoms with Gasteiger partial charge in [0.15, 0.2) is 0 Å². The van der Waals surface area contributed by atoms with Gasteiger partial charge in [-0.05, 0) is 32.9 Å². The summed E-state index contributed by atoms with van der Waals surface area (Å²) in [5.74, 6) is 0. The monoisotopic (exact) mass is 419 g/mol. The van der Waals surface area contributed by atoms with Gasteiger partial charge in [0.1, 0.15) is 6.44 Å². The molecule has 0 aliphatic rings. The summed E-state index contributed by atoms with van der Waals surface area (Å²) in [6.45, 7) is 16.2. The van der Waals surface area contributed by atoms with Crippen LogP contribution in [-0.2, 0) is 0 Å². The van der Waals surface area contributed by atoms with E-state index in [1.54, 1.807) is 0 Å². The number of rotatable bonds is 7. The molecule has 0 N–H and O–H groups in total. The number of hydrogen-bond donors (Lipinski definition) is 0. The van der Waals surface area contributed by atoms with Gasteiger partial charge in [0, 0.05) is 0 Å². The van der Waals surface area contributed by atoms with Crippen molar-refractivity contribution in [3.05, 3.63) is 89.5 Å². The standard InChI is InChI=1S/C27H35BNSi.Li/c1-20(2)29(21(3)4)28(27-23(6)18-22(5)19-24(27)7)30(25-14-10-8-11-15-25)26-16-12-9-13-17-26;/h8-21H,1-7H3;/q-1;+1. The first-order valence-electron chi connectivity index (χ1n) is 11.1. The fourth-order valence-corrected chi connectivity index (χ4v) is 8.68. The third kappa shape index (κ3) is 5.85. The minimum absolute atomic E-state index is 0. The fraction of sp³-hybridized carbons (Fsp3) is 0.333. The molecule has 0 unspecified atom stereocenters. The van der Waals surface area contributed by atoms with Crippen molar-refractivity contribution < 1.29 is 18.9 Å². The summed E-state index contributed by atoms with van der Waals surface area (Å²) >= 11 is 0. The van der Waals surface area contributed by atoms with Gasteiger partial charge in [0.2, 0.25) is 0 Å². The average Bonchev–Trinajstić information content (AvgIpc) is 2.68.